The van der Waals surface area contributed by atoms with E-state index in [0.29, 0.717) is 11.2 Å². The molecule has 5 heteroatoms. The highest BCUT2D eigenvalue weighted by atomic mass is 35.5. The van der Waals surface area contributed by atoms with Crippen molar-refractivity contribution in [2.24, 2.45) is 0 Å². The van der Waals surface area contributed by atoms with Gasteiger partial charge in [0.15, 0.2) is 5.15 Å². The van der Waals surface area contributed by atoms with Gasteiger partial charge in [-0.05, 0) is 31.1 Å². The molecule has 1 amide bonds. The number of nitrogens with one attached hydrogen (secondary N) is 1. The molecule has 1 saturated carbocycles. The maximum atomic E-state index is 12.0. The zero-order valence-corrected chi connectivity index (χ0v) is 12.5. The van der Waals surface area contributed by atoms with Gasteiger partial charge in [-0.15, -0.1) is 0 Å². The Morgan fingerprint density at radius 2 is 2.14 bits per heavy atom. The molecule has 2 aromatic heterocycles. The van der Waals surface area contributed by atoms with Gasteiger partial charge in [0, 0.05) is 18.3 Å². The Kier molecular flexibility index (Phi) is 4.25. The van der Waals surface area contributed by atoms with E-state index in [9.17, 15) is 4.79 Å². The number of pyridine rings is 1. The summed E-state index contributed by atoms with van der Waals surface area (Å²) in [6, 6.07) is 6.01. The summed E-state index contributed by atoms with van der Waals surface area (Å²) in [6.45, 7) is 0. The standard InChI is InChI=1S/C16H18ClN3O/c17-16-13(20-11-5-4-8-14(20)19-16)9-10-15(21)18-12-6-2-1-3-7-12/h4-5,8-12H,1-3,6-7H2,(H,18,21). The molecule has 0 saturated heterocycles. The van der Waals surface area contributed by atoms with Crippen LogP contribution in [0.3, 0.4) is 0 Å². The Balaban J connectivity index is 1.72. The third kappa shape index (κ3) is 3.27. The number of imidazole rings is 1. The lowest BCUT2D eigenvalue weighted by Crippen LogP contribution is -2.34. The quantitative estimate of drug-likeness (QED) is 0.883. The molecule has 0 bridgehead atoms. The lowest BCUT2D eigenvalue weighted by Gasteiger charge is -2.21. The first-order valence-corrected chi connectivity index (χ1v) is 7.73. The summed E-state index contributed by atoms with van der Waals surface area (Å²) in [5.74, 6) is -0.0659. The topological polar surface area (TPSA) is 46.4 Å². The van der Waals surface area contributed by atoms with Crippen molar-refractivity contribution < 1.29 is 4.79 Å². The number of carbonyl (C=O) groups is 1. The average molecular weight is 304 g/mol. The van der Waals surface area contributed by atoms with Crippen LogP contribution in [0.2, 0.25) is 5.15 Å². The Morgan fingerprint density at radius 3 is 2.95 bits per heavy atom. The van der Waals surface area contributed by atoms with Crippen LogP contribution in [-0.4, -0.2) is 21.3 Å². The van der Waals surface area contributed by atoms with Gasteiger partial charge in [0.2, 0.25) is 5.91 Å². The SMILES string of the molecule is O=C(C=Cc1c(Cl)nc2ccccn12)NC1CCCCC1. The molecule has 1 aliphatic rings. The van der Waals surface area contributed by atoms with Crippen molar-refractivity contribution in [3.05, 3.63) is 41.3 Å². The Labute approximate surface area is 128 Å². The summed E-state index contributed by atoms with van der Waals surface area (Å²) in [7, 11) is 0. The normalized spacial score (nSPS) is 16.6. The highest BCUT2D eigenvalue weighted by Crippen LogP contribution is 2.19. The third-order valence-corrected chi connectivity index (χ3v) is 4.14. The Morgan fingerprint density at radius 1 is 1.33 bits per heavy atom. The van der Waals surface area contributed by atoms with Crippen LogP contribution < -0.4 is 5.32 Å². The van der Waals surface area contributed by atoms with Gasteiger partial charge in [0.05, 0.1) is 5.69 Å². The van der Waals surface area contributed by atoms with E-state index in [0.717, 1.165) is 24.2 Å². The predicted molar refractivity (Wildman–Crippen MR) is 84.3 cm³/mol. The smallest absolute Gasteiger partial charge is 0.244 e. The molecule has 0 atom stereocenters. The lowest BCUT2D eigenvalue weighted by atomic mass is 9.95. The molecule has 0 aromatic carbocycles. The van der Waals surface area contributed by atoms with Crippen LogP contribution in [0.4, 0.5) is 0 Å². The summed E-state index contributed by atoms with van der Waals surface area (Å²) in [5.41, 5.74) is 1.50. The third-order valence-electron chi connectivity index (χ3n) is 3.87. The molecular formula is C16H18ClN3O. The molecule has 0 aliphatic heterocycles. The molecule has 0 unspecified atom stereocenters. The molecule has 3 rings (SSSR count). The summed E-state index contributed by atoms with van der Waals surface area (Å²) < 4.78 is 1.87. The number of halogens is 1. The summed E-state index contributed by atoms with van der Waals surface area (Å²) >= 11 is 6.13. The van der Waals surface area contributed by atoms with Gasteiger partial charge in [-0.1, -0.05) is 36.9 Å². The molecule has 2 heterocycles. The first-order chi connectivity index (χ1) is 10.2. The van der Waals surface area contributed by atoms with Crippen molar-refractivity contribution in [2.45, 2.75) is 38.1 Å². The maximum Gasteiger partial charge on any atom is 0.244 e. The number of nitrogens with zero attached hydrogens (tertiary/aromatic N) is 2. The molecule has 21 heavy (non-hydrogen) atoms. The second-order valence-corrected chi connectivity index (χ2v) is 5.75. The first kappa shape index (κ1) is 14.1. The van der Waals surface area contributed by atoms with Crippen molar-refractivity contribution in [1.29, 1.82) is 0 Å². The van der Waals surface area contributed by atoms with E-state index in [4.69, 9.17) is 11.6 Å². The van der Waals surface area contributed by atoms with Crippen LogP contribution >= 0.6 is 11.6 Å². The molecule has 0 spiro atoms. The van der Waals surface area contributed by atoms with Crippen molar-refractivity contribution in [3.63, 3.8) is 0 Å². The number of amides is 1. The van der Waals surface area contributed by atoms with Crippen molar-refractivity contribution in [3.8, 4) is 0 Å². The van der Waals surface area contributed by atoms with Crippen molar-refractivity contribution >= 4 is 29.2 Å². The number of rotatable bonds is 3. The molecule has 1 N–H and O–H groups in total. The number of fused-ring (bicyclic) bond motifs is 1. The van der Waals surface area contributed by atoms with E-state index < -0.39 is 0 Å². The molecule has 1 fully saturated rings. The van der Waals surface area contributed by atoms with E-state index in [1.165, 1.54) is 25.3 Å². The molecule has 2 aromatic rings. The lowest BCUT2D eigenvalue weighted by molar-refractivity contribution is -0.117. The molecular weight excluding hydrogens is 286 g/mol. The van der Waals surface area contributed by atoms with Crippen LogP contribution in [0.25, 0.3) is 11.7 Å². The summed E-state index contributed by atoms with van der Waals surface area (Å²) in [6.07, 6.45) is 11.0. The minimum atomic E-state index is -0.0659. The van der Waals surface area contributed by atoms with Gasteiger partial charge in [-0.3, -0.25) is 9.20 Å². The van der Waals surface area contributed by atoms with Crippen LogP contribution in [0, 0.1) is 0 Å². The number of hydrogen-bond donors (Lipinski definition) is 1. The predicted octanol–water partition coefficient (Wildman–Crippen LogP) is 3.45. The van der Waals surface area contributed by atoms with Gasteiger partial charge < -0.3 is 5.32 Å². The minimum Gasteiger partial charge on any atom is -0.350 e. The molecule has 110 valence electrons. The maximum absolute atomic E-state index is 12.0. The van der Waals surface area contributed by atoms with E-state index in [1.54, 1.807) is 6.08 Å². The summed E-state index contributed by atoms with van der Waals surface area (Å²) in [5, 5.41) is 3.46. The van der Waals surface area contributed by atoms with Crippen molar-refractivity contribution in [2.75, 3.05) is 0 Å². The first-order valence-electron chi connectivity index (χ1n) is 7.35. The van der Waals surface area contributed by atoms with Crippen LogP contribution in [0.15, 0.2) is 30.5 Å². The largest absolute Gasteiger partial charge is 0.350 e. The highest BCUT2D eigenvalue weighted by Gasteiger charge is 2.14. The Hall–Kier alpha value is -1.81. The van der Waals surface area contributed by atoms with Gasteiger partial charge in [-0.2, -0.15) is 0 Å². The fourth-order valence-corrected chi connectivity index (χ4v) is 3.03. The monoisotopic (exact) mass is 303 g/mol. The number of aromatic nitrogens is 2. The van der Waals surface area contributed by atoms with Crippen LogP contribution in [-0.2, 0) is 4.79 Å². The second kappa shape index (κ2) is 6.31. The van der Waals surface area contributed by atoms with E-state index in [1.807, 2.05) is 28.8 Å². The minimum absolute atomic E-state index is 0.0659. The average Bonchev–Trinajstić information content (AvgIpc) is 2.81. The fraction of sp³-hybridized carbons (Fsp3) is 0.375. The van der Waals surface area contributed by atoms with Crippen LogP contribution in [0.5, 0.6) is 0 Å². The molecule has 4 nitrogen and oxygen atoms in total. The number of carbonyl (C=O) groups excluding carboxylic acids is 1. The van der Waals surface area contributed by atoms with Gasteiger partial charge in [0.25, 0.3) is 0 Å². The number of hydrogen-bond acceptors (Lipinski definition) is 2. The molecule has 0 radical (unpaired) electrons. The van der Waals surface area contributed by atoms with E-state index in [2.05, 4.69) is 10.3 Å². The zero-order chi connectivity index (χ0) is 14.7. The zero-order valence-electron chi connectivity index (χ0n) is 11.8. The van der Waals surface area contributed by atoms with Crippen molar-refractivity contribution in [1.82, 2.24) is 14.7 Å². The van der Waals surface area contributed by atoms with Crippen LogP contribution in [0.1, 0.15) is 37.8 Å². The fourth-order valence-electron chi connectivity index (χ4n) is 2.79. The summed E-state index contributed by atoms with van der Waals surface area (Å²) in [4.78, 5) is 16.2. The van der Waals surface area contributed by atoms with Gasteiger partial charge in [0.1, 0.15) is 5.65 Å². The van der Waals surface area contributed by atoms with E-state index in [-0.39, 0.29) is 5.91 Å². The Bertz CT molecular complexity index is 671. The highest BCUT2D eigenvalue weighted by molar-refractivity contribution is 6.31. The van der Waals surface area contributed by atoms with E-state index >= 15 is 0 Å². The second-order valence-electron chi connectivity index (χ2n) is 5.39. The van der Waals surface area contributed by atoms with Gasteiger partial charge in [-0.25, -0.2) is 4.98 Å². The molecule has 1 aliphatic carbocycles. The van der Waals surface area contributed by atoms with Gasteiger partial charge >= 0.3 is 0 Å².